The van der Waals surface area contributed by atoms with Gasteiger partial charge < -0.3 is 9.47 Å². The molecule has 0 unspecified atom stereocenters. The van der Waals surface area contributed by atoms with Gasteiger partial charge in [-0.15, -0.1) is 0 Å². The molecule has 2 aromatic carbocycles. The van der Waals surface area contributed by atoms with Crippen molar-refractivity contribution in [3.8, 4) is 0 Å². The Hall–Kier alpha value is -2.55. The van der Waals surface area contributed by atoms with Gasteiger partial charge in [-0.05, 0) is 43.0 Å². The minimum atomic E-state index is 0.107. The van der Waals surface area contributed by atoms with Crippen LogP contribution in [0.25, 0.3) is 10.9 Å². The summed E-state index contributed by atoms with van der Waals surface area (Å²) in [6.45, 7) is 4.94. The smallest absolute Gasteiger partial charge is 0.224 e. The summed E-state index contributed by atoms with van der Waals surface area (Å²) < 4.78 is 2.30. The van der Waals surface area contributed by atoms with E-state index in [4.69, 9.17) is 0 Å². The zero-order chi connectivity index (χ0) is 16.7. The maximum atomic E-state index is 12.5. The predicted molar refractivity (Wildman–Crippen MR) is 96.7 cm³/mol. The number of carbonyl (C=O) groups is 1. The van der Waals surface area contributed by atoms with E-state index in [0.29, 0.717) is 13.0 Å². The van der Waals surface area contributed by atoms with Crippen LogP contribution < -0.4 is 0 Å². The Bertz CT molecular complexity index is 895. The molecule has 1 aliphatic rings. The highest BCUT2D eigenvalue weighted by Crippen LogP contribution is 2.34. The molecule has 3 nitrogen and oxygen atoms in total. The number of benzene rings is 2. The maximum Gasteiger partial charge on any atom is 0.224 e. The number of aryl methyl sites for hydroxylation is 2. The monoisotopic (exact) mass is 318 g/mol. The van der Waals surface area contributed by atoms with Gasteiger partial charge in [-0.25, -0.2) is 0 Å². The second-order valence-electron chi connectivity index (χ2n) is 6.77. The van der Waals surface area contributed by atoms with Gasteiger partial charge in [0.25, 0.3) is 0 Å². The van der Waals surface area contributed by atoms with Crippen LogP contribution >= 0.6 is 0 Å². The summed E-state index contributed by atoms with van der Waals surface area (Å²) in [6.07, 6.45) is 3.81. The number of rotatable bonds is 3. The standard InChI is InChI=1S/C21H22N2O/c1-15-8-9-18-16(2)13-22(19(18)12-15)20-10-11-21(24)23(20)14-17-6-4-3-5-7-17/h3-9,12-13,20H,10-11,14H2,1-2H3/t20-/m0/s1. The maximum absolute atomic E-state index is 12.5. The third-order valence-electron chi connectivity index (χ3n) is 5.00. The van der Waals surface area contributed by atoms with Crippen LogP contribution in [0.3, 0.4) is 0 Å². The van der Waals surface area contributed by atoms with Crippen molar-refractivity contribution in [2.75, 3.05) is 0 Å². The number of carbonyl (C=O) groups excluding carboxylic acids is 1. The number of hydrogen-bond acceptors (Lipinski definition) is 1. The van der Waals surface area contributed by atoms with Crippen LogP contribution in [-0.4, -0.2) is 15.4 Å². The molecule has 0 spiro atoms. The summed E-state index contributed by atoms with van der Waals surface area (Å²) in [5.41, 5.74) is 4.93. The quantitative estimate of drug-likeness (QED) is 0.694. The molecule has 2 heterocycles. The molecule has 1 amide bonds. The first-order chi connectivity index (χ1) is 11.6. The molecule has 4 rings (SSSR count). The van der Waals surface area contributed by atoms with Crippen molar-refractivity contribution < 1.29 is 4.79 Å². The van der Waals surface area contributed by atoms with Crippen LogP contribution in [0.1, 0.15) is 35.7 Å². The van der Waals surface area contributed by atoms with E-state index in [1.165, 1.54) is 27.6 Å². The van der Waals surface area contributed by atoms with E-state index in [-0.39, 0.29) is 12.1 Å². The van der Waals surface area contributed by atoms with Gasteiger partial charge in [-0.1, -0.05) is 42.5 Å². The summed E-state index contributed by atoms with van der Waals surface area (Å²) in [4.78, 5) is 14.5. The first kappa shape index (κ1) is 15.0. The molecule has 1 atom stereocenters. The van der Waals surface area contributed by atoms with Gasteiger partial charge in [0.2, 0.25) is 5.91 Å². The molecule has 0 N–H and O–H groups in total. The molecule has 0 radical (unpaired) electrons. The normalized spacial score (nSPS) is 17.8. The molecule has 0 saturated carbocycles. The molecule has 1 fully saturated rings. The number of hydrogen-bond donors (Lipinski definition) is 0. The minimum Gasteiger partial charge on any atom is -0.326 e. The zero-order valence-corrected chi connectivity index (χ0v) is 14.2. The molecule has 1 saturated heterocycles. The summed E-state index contributed by atoms with van der Waals surface area (Å²) in [5.74, 6) is 0.246. The molecule has 3 aromatic rings. The van der Waals surface area contributed by atoms with Gasteiger partial charge in [-0.2, -0.15) is 0 Å². The van der Waals surface area contributed by atoms with Crippen molar-refractivity contribution in [1.82, 2.24) is 9.47 Å². The lowest BCUT2D eigenvalue weighted by Crippen LogP contribution is -2.30. The van der Waals surface area contributed by atoms with Crippen LogP contribution in [0.5, 0.6) is 0 Å². The Labute approximate surface area is 142 Å². The fraction of sp³-hybridized carbons (Fsp3) is 0.286. The van der Waals surface area contributed by atoms with Gasteiger partial charge in [0.1, 0.15) is 6.17 Å². The predicted octanol–water partition coefficient (Wildman–Crippen LogP) is 4.58. The lowest BCUT2D eigenvalue weighted by atomic mass is 10.1. The van der Waals surface area contributed by atoms with E-state index in [9.17, 15) is 4.79 Å². The lowest BCUT2D eigenvalue weighted by molar-refractivity contribution is -0.130. The fourth-order valence-corrected chi connectivity index (χ4v) is 3.76. The van der Waals surface area contributed by atoms with Gasteiger partial charge >= 0.3 is 0 Å². The molecule has 3 heteroatoms. The highest BCUT2D eigenvalue weighted by Gasteiger charge is 2.32. The summed E-state index contributed by atoms with van der Waals surface area (Å²) in [6, 6.07) is 16.8. The molecular formula is C21H22N2O. The highest BCUT2D eigenvalue weighted by molar-refractivity contribution is 5.85. The molecular weight excluding hydrogens is 296 g/mol. The number of likely N-dealkylation sites (tertiary alicyclic amines) is 1. The van der Waals surface area contributed by atoms with E-state index >= 15 is 0 Å². The van der Waals surface area contributed by atoms with Crippen LogP contribution in [0.4, 0.5) is 0 Å². The van der Waals surface area contributed by atoms with Crippen molar-refractivity contribution >= 4 is 16.8 Å². The summed E-state index contributed by atoms with van der Waals surface area (Å²) in [7, 11) is 0. The second kappa shape index (κ2) is 5.82. The Morgan fingerprint density at radius 2 is 1.88 bits per heavy atom. The largest absolute Gasteiger partial charge is 0.326 e. The van der Waals surface area contributed by atoms with Gasteiger partial charge in [0.15, 0.2) is 0 Å². The fourth-order valence-electron chi connectivity index (χ4n) is 3.76. The van der Waals surface area contributed by atoms with Gasteiger partial charge in [0, 0.05) is 24.5 Å². The summed E-state index contributed by atoms with van der Waals surface area (Å²) >= 11 is 0. The molecule has 122 valence electrons. The molecule has 1 aliphatic heterocycles. The van der Waals surface area contributed by atoms with Crippen molar-refractivity contribution in [1.29, 1.82) is 0 Å². The SMILES string of the molecule is Cc1ccc2c(C)cn([C@@H]3CCC(=O)N3Cc3ccccc3)c2c1. The van der Waals surface area contributed by atoms with Crippen LogP contribution in [0, 0.1) is 13.8 Å². The van der Waals surface area contributed by atoms with E-state index < -0.39 is 0 Å². The minimum absolute atomic E-state index is 0.107. The second-order valence-corrected chi connectivity index (χ2v) is 6.77. The Kier molecular flexibility index (Phi) is 3.64. The average Bonchev–Trinajstić information content (AvgIpc) is 3.09. The average molecular weight is 318 g/mol. The molecule has 0 bridgehead atoms. The topological polar surface area (TPSA) is 25.2 Å². The van der Waals surface area contributed by atoms with Crippen LogP contribution in [0.2, 0.25) is 0 Å². The Balaban J connectivity index is 1.75. The van der Waals surface area contributed by atoms with Gasteiger partial charge in [0.05, 0.1) is 5.52 Å². The van der Waals surface area contributed by atoms with E-state index in [2.05, 4.69) is 54.9 Å². The highest BCUT2D eigenvalue weighted by atomic mass is 16.2. The molecule has 0 aliphatic carbocycles. The lowest BCUT2D eigenvalue weighted by Gasteiger charge is -2.27. The van der Waals surface area contributed by atoms with Gasteiger partial charge in [-0.3, -0.25) is 4.79 Å². The number of amides is 1. The number of nitrogens with zero attached hydrogens (tertiary/aromatic N) is 2. The van der Waals surface area contributed by atoms with Crippen LogP contribution in [-0.2, 0) is 11.3 Å². The first-order valence-corrected chi connectivity index (χ1v) is 8.54. The third-order valence-corrected chi connectivity index (χ3v) is 5.00. The van der Waals surface area contributed by atoms with Crippen molar-refractivity contribution in [3.63, 3.8) is 0 Å². The van der Waals surface area contributed by atoms with Crippen molar-refractivity contribution in [2.24, 2.45) is 0 Å². The van der Waals surface area contributed by atoms with Crippen molar-refractivity contribution in [2.45, 2.75) is 39.4 Å². The Morgan fingerprint density at radius 1 is 1.08 bits per heavy atom. The van der Waals surface area contributed by atoms with E-state index in [1.54, 1.807) is 0 Å². The molecule has 1 aromatic heterocycles. The van der Waals surface area contributed by atoms with Crippen LogP contribution in [0.15, 0.2) is 54.7 Å². The Morgan fingerprint density at radius 3 is 2.67 bits per heavy atom. The van der Waals surface area contributed by atoms with E-state index in [0.717, 1.165) is 6.42 Å². The third kappa shape index (κ3) is 2.50. The number of fused-ring (bicyclic) bond motifs is 1. The van der Waals surface area contributed by atoms with E-state index in [1.807, 2.05) is 23.1 Å². The zero-order valence-electron chi connectivity index (χ0n) is 14.2. The molecule has 24 heavy (non-hydrogen) atoms. The van der Waals surface area contributed by atoms with Crippen molar-refractivity contribution in [3.05, 3.63) is 71.4 Å². The summed E-state index contributed by atoms with van der Waals surface area (Å²) in [5, 5.41) is 1.28. The first-order valence-electron chi connectivity index (χ1n) is 8.54. The number of aromatic nitrogens is 1.